The molecule has 5 aliphatic rings. The SMILES string of the molecule is CC(C)c1cc(C(=O)N2Cc3ccc(CN4CCC(S(=O)(=O)N5CCC(C(=O)N6CCc7c(nc(-c8cnc(N)nc8)nc7N7CCOCC7)C6)CC5)CC4)cc3C2)c(O)cc1O. The number of hydrogen-bond acceptors (Lipinski definition) is 14. The van der Waals surface area contributed by atoms with E-state index in [0.29, 0.717) is 134 Å². The van der Waals surface area contributed by atoms with Gasteiger partial charge in [0.25, 0.3) is 5.91 Å². The fourth-order valence-electron chi connectivity index (χ4n) is 9.76. The molecule has 334 valence electrons. The molecule has 63 heavy (non-hydrogen) atoms. The molecule has 7 heterocycles. The number of carbonyl (C=O) groups excluding carboxylic acids is 2. The number of aromatic nitrogens is 4. The zero-order chi connectivity index (χ0) is 44.0. The van der Waals surface area contributed by atoms with E-state index < -0.39 is 15.3 Å². The van der Waals surface area contributed by atoms with E-state index in [4.69, 9.17) is 20.4 Å². The van der Waals surface area contributed by atoms with Gasteiger partial charge >= 0.3 is 0 Å². The Balaban J connectivity index is 0.774. The van der Waals surface area contributed by atoms with Crippen molar-refractivity contribution in [1.29, 1.82) is 0 Å². The summed E-state index contributed by atoms with van der Waals surface area (Å²) in [6.45, 7) is 10.9. The van der Waals surface area contributed by atoms with Crippen LogP contribution in [0.3, 0.4) is 0 Å². The van der Waals surface area contributed by atoms with E-state index in [1.54, 1.807) is 27.7 Å². The molecule has 3 saturated heterocycles. The molecule has 0 spiro atoms. The summed E-state index contributed by atoms with van der Waals surface area (Å²) in [6.07, 6.45) is 5.87. The molecule has 5 aliphatic heterocycles. The van der Waals surface area contributed by atoms with E-state index in [1.807, 2.05) is 18.7 Å². The Morgan fingerprint density at radius 1 is 0.841 bits per heavy atom. The van der Waals surface area contributed by atoms with Crippen LogP contribution in [0.25, 0.3) is 11.4 Å². The lowest BCUT2D eigenvalue weighted by Gasteiger charge is -2.39. The lowest BCUT2D eigenvalue weighted by atomic mass is 9.95. The van der Waals surface area contributed by atoms with Crippen molar-refractivity contribution in [2.45, 2.75) is 83.3 Å². The van der Waals surface area contributed by atoms with Crippen molar-refractivity contribution in [2.75, 3.05) is 69.7 Å². The molecule has 2 aromatic heterocycles. The smallest absolute Gasteiger partial charge is 0.258 e. The number of fused-ring (bicyclic) bond motifs is 2. The average molecular weight is 881 g/mol. The third-order valence-electron chi connectivity index (χ3n) is 13.4. The third kappa shape index (κ3) is 8.77. The second kappa shape index (κ2) is 17.6. The van der Waals surface area contributed by atoms with Gasteiger partial charge in [0.05, 0.1) is 41.8 Å². The fourth-order valence-corrected chi connectivity index (χ4v) is 11.7. The van der Waals surface area contributed by atoms with Crippen molar-refractivity contribution in [1.82, 2.24) is 38.9 Å². The number of phenols is 2. The van der Waals surface area contributed by atoms with Gasteiger partial charge in [0.1, 0.15) is 17.3 Å². The molecule has 18 heteroatoms. The summed E-state index contributed by atoms with van der Waals surface area (Å²) in [5.41, 5.74) is 12.2. The number of benzene rings is 2. The summed E-state index contributed by atoms with van der Waals surface area (Å²) in [7, 11) is -3.54. The quantitative estimate of drug-likeness (QED) is 0.219. The monoisotopic (exact) mass is 880 g/mol. The van der Waals surface area contributed by atoms with Crippen LogP contribution in [0, 0.1) is 5.92 Å². The van der Waals surface area contributed by atoms with Crippen molar-refractivity contribution in [3.05, 3.63) is 81.8 Å². The van der Waals surface area contributed by atoms with Crippen LogP contribution in [-0.2, 0) is 52.2 Å². The van der Waals surface area contributed by atoms with Crippen LogP contribution in [0.4, 0.5) is 11.8 Å². The summed E-state index contributed by atoms with van der Waals surface area (Å²) >= 11 is 0. The van der Waals surface area contributed by atoms with E-state index >= 15 is 0 Å². The number of nitrogen functional groups attached to an aromatic ring is 1. The summed E-state index contributed by atoms with van der Waals surface area (Å²) in [5, 5.41) is 20.3. The predicted molar refractivity (Wildman–Crippen MR) is 235 cm³/mol. The molecule has 0 radical (unpaired) electrons. The highest BCUT2D eigenvalue weighted by molar-refractivity contribution is 7.89. The molecule has 2 aromatic carbocycles. The van der Waals surface area contributed by atoms with Crippen LogP contribution in [0.15, 0.2) is 42.7 Å². The first-order valence-electron chi connectivity index (χ1n) is 22.1. The molecule has 0 aliphatic carbocycles. The van der Waals surface area contributed by atoms with Crippen molar-refractivity contribution >= 4 is 33.6 Å². The van der Waals surface area contributed by atoms with Crippen LogP contribution in [0.1, 0.15) is 89.3 Å². The number of phenolic OH excluding ortho intramolecular Hbond substituents is 2. The molecular weight excluding hydrogens is 825 g/mol. The number of sulfonamides is 1. The molecule has 9 rings (SSSR count). The number of nitrogens with two attached hydrogens (primary N) is 1. The van der Waals surface area contributed by atoms with Gasteiger partial charge in [-0.25, -0.2) is 32.7 Å². The van der Waals surface area contributed by atoms with E-state index in [1.165, 1.54) is 6.07 Å². The maximum Gasteiger partial charge on any atom is 0.258 e. The van der Waals surface area contributed by atoms with Crippen molar-refractivity contribution in [3.8, 4) is 22.9 Å². The summed E-state index contributed by atoms with van der Waals surface area (Å²) in [6, 6.07) is 9.08. The van der Waals surface area contributed by atoms with Gasteiger partial charge in [-0.1, -0.05) is 32.0 Å². The topological polar surface area (TPSA) is 212 Å². The Kier molecular flexibility index (Phi) is 12.0. The normalized spacial score (nSPS) is 19.4. The van der Waals surface area contributed by atoms with Crippen molar-refractivity contribution in [3.63, 3.8) is 0 Å². The van der Waals surface area contributed by atoms with Crippen molar-refractivity contribution < 1.29 is 33.0 Å². The lowest BCUT2D eigenvalue weighted by molar-refractivity contribution is -0.137. The minimum absolute atomic E-state index is 0.0113. The number of hydrogen-bond donors (Lipinski definition) is 3. The highest BCUT2D eigenvalue weighted by atomic mass is 32.2. The zero-order valence-electron chi connectivity index (χ0n) is 35.9. The Morgan fingerprint density at radius 3 is 2.27 bits per heavy atom. The van der Waals surface area contributed by atoms with E-state index in [-0.39, 0.29) is 46.7 Å². The highest BCUT2D eigenvalue weighted by Crippen LogP contribution is 2.36. The Morgan fingerprint density at radius 2 is 1.56 bits per heavy atom. The number of rotatable bonds is 9. The molecule has 4 aromatic rings. The van der Waals surface area contributed by atoms with Gasteiger partial charge in [-0.2, -0.15) is 0 Å². The number of morpholine rings is 1. The van der Waals surface area contributed by atoms with E-state index in [0.717, 1.165) is 33.8 Å². The lowest BCUT2D eigenvalue weighted by Crippen LogP contribution is -2.49. The largest absolute Gasteiger partial charge is 0.508 e. The fraction of sp³-hybridized carbons (Fsp3) is 0.511. The molecule has 0 bridgehead atoms. The average Bonchev–Trinajstić information content (AvgIpc) is 3.72. The first kappa shape index (κ1) is 42.9. The second-order valence-electron chi connectivity index (χ2n) is 17.8. The summed E-state index contributed by atoms with van der Waals surface area (Å²) < 4.78 is 35.1. The summed E-state index contributed by atoms with van der Waals surface area (Å²) in [5.74, 6) is 0.719. The molecule has 0 atom stereocenters. The number of aromatic hydroxyl groups is 2. The number of piperidine rings is 2. The van der Waals surface area contributed by atoms with Crippen LogP contribution >= 0.6 is 0 Å². The molecule has 4 N–H and O–H groups in total. The molecule has 0 unspecified atom stereocenters. The number of nitrogens with zero attached hydrogens (tertiary/aromatic N) is 9. The maximum atomic E-state index is 14.0. The number of carbonyl (C=O) groups is 2. The van der Waals surface area contributed by atoms with Crippen LogP contribution < -0.4 is 10.6 Å². The third-order valence-corrected chi connectivity index (χ3v) is 15.8. The van der Waals surface area contributed by atoms with Crippen LogP contribution in [0.2, 0.25) is 0 Å². The minimum atomic E-state index is -3.54. The van der Waals surface area contributed by atoms with E-state index in [9.17, 15) is 28.2 Å². The molecule has 2 amide bonds. The molecular formula is C45H56N10O7S. The molecule has 3 fully saturated rings. The Hall–Kier alpha value is -5.43. The van der Waals surface area contributed by atoms with Gasteiger partial charge in [0.2, 0.25) is 21.9 Å². The standard InChI is InChI=1S/C45H56N10O7S/c1-28(2)36-20-37(40(57)21-39(36)56)44(59)54-25-31-4-3-29(19-32(31)26-54)24-51-10-7-34(8-11-51)63(60,61)55-13-5-30(6-14-55)43(58)53-12-9-35-38(27-53)49-41(33-22-47-45(46)48-23-33)50-42(35)52-15-17-62-18-16-52/h3-4,19-23,28,30,34,56-57H,5-18,24-27H2,1-2H3,(H2,46,47,48). The van der Waals surface area contributed by atoms with Crippen LogP contribution in [-0.4, -0.2) is 134 Å². The van der Waals surface area contributed by atoms with Gasteiger partial charge < -0.3 is 35.4 Å². The Bertz CT molecular complexity index is 2480. The number of anilines is 2. The second-order valence-corrected chi connectivity index (χ2v) is 20.0. The van der Waals surface area contributed by atoms with Crippen LogP contribution in [0.5, 0.6) is 11.5 Å². The van der Waals surface area contributed by atoms with Gasteiger partial charge in [-0.3, -0.25) is 14.5 Å². The van der Waals surface area contributed by atoms with Gasteiger partial charge in [0, 0.05) is 82.3 Å². The van der Waals surface area contributed by atoms with Gasteiger partial charge in [-0.05, 0) is 79.4 Å². The number of ether oxygens (including phenoxy) is 1. The van der Waals surface area contributed by atoms with Gasteiger partial charge in [-0.15, -0.1) is 0 Å². The summed E-state index contributed by atoms with van der Waals surface area (Å²) in [4.78, 5) is 53.7. The number of likely N-dealkylation sites (tertiary alicyclic amines) is 1. The Labute approximate surface area is 368 Å². The van der Waals surface area contributed by atoms with Crippen molar-refractivity contribution in [2.24, 2.45) is 5.92 Å². The molecule has 0 saturated carbocycles. The zero-order valence-corrected chi connectivity index (χ0v) is 36.8. The van der Waals surface area contributed by atoms with Gasteiger partial charge in [0.15, 0.2) is 5.82 Å². The highest BCUT2D eigenvalue weighted by Gasteiger charge is 2.40. The number of amides is 2. The molecule has 17 nitrogen and oxygen atoms in total. The van der Waals surface area contributed by atoms with E-state index in [2.05, 4.69) is 38.0 Å². The first-order valence-corrected chi connectivity index (χ1v) is 23.6. The minimum Gasteiger partial charge on any atom is -0.508 e. The maximum absolute atomic E-state index is 14.0. The predicted octanol–water partition coefficient (Wildman–Crippen LogP) is 3.63. The first-order chi connectivity index (χ1) is 30.3.